The second-order valence-electron chi connectivity index (χ2n) is 7.67. The van der Waals surface area contributed by atoms with Crippen LogP contribution in [0.5, 0.6) is 0 Å². The minimum Gasteiger partial charge on any atom is -0.480 e. The lowest BCUT2D eigenvalue weighted by Gasteiger charge is -2.26. The molecule has 13 heteroatoms. The summed E-state index contributed by atoms with van der Waals surface area (Å²) in [6.45, 7) is 0.534. The monoisotopic (exact) mass is 481 g/mol. The Bertz CT molecular complexity index is 864. The van der Waals surface area contributed by atoms with E-state index in [4.69, 9.17) is 16.6 Å². The molecule has 10 N–H and O–H groups in total. The van der Waals surface area contributed by atoms with Crippen LogP contribution in [0.15, 0.2) is 30.3 Å². The highest BCUT2D eigenvalue weighted by molar-refractivity contribution is 5.94. The predicted octanol–water partition coefficient (Wildman–Crippen LogP) is -3.27. The fourth-order valence-electron chi connectivity index (χ4n) is 2.89. The van der Waals surface area contributed by atoms with Gasteiger partial charge in [-0.25, -0.2) is 4.79 Å². The van der Waals surface area contributed by atoms with Crippen LogP contribution in [0.4, 0.5) is 0 Å². The third-order valence-corrected chi connectivity index (χ3v) is 4.81. The lowest BCUT2D eigenvalue weighted by Crippen LogP contribution is -2.60. The first-order valence-electron chi connectivity index (χ1n) is 10.5. The number of carbonyl (C=O) groups is 5. The van der Waals surface area contributed by atoms with E-state index in [0.29, 0.717) is 5.56 Å². The van der Waals surface area contributed by atoms with E-state index in [1.165, 1.54) is 6.92 Å². The Labute approximate surface area is 195 Å². The van der Waals surface area contributed by atoms with Crippen LogP contribution >= 0.6 is 0 Å². The topological polar surface area (TPSA) is 234 Å². The van der Waals surface area contributed by atoms with E-state index in [1.807, 2.05) is 0 Å². The van der Waals surface area contributed by atoms with E-state index in [-0.39, 0.29) is 19.3 Å². The van der Waals surface area contributed by atoms with Crippen molar-refractivity contribution in [2.45, 2.75) is 56.5 Å². The number of primary amides is 1. The summed E-state index contributed by atoms with van der Waals surface area (Å²) in [5.41, 5.74) is 11.1. The fraction of sp³-hybridized carbons (Fsp3) is 0.476. The number of benzene rings is 1. The van der Waals surface area contributed by atoms with Crippen LogP contribution in [0.1, 0.15) is 25.3 Å². The Balaban J connectivity index is 3.08. The smallest absolute Gasteiger partial charge is 0.326 e. The molecular weight excluding hydrogens is 450 g/mol. The molecular formula is C21H31N5O8. The molecule has 1 aromatic carbocycles. The number of aliphatic hydroxyl groups is 2. The molecule has 0 aromatic heterocycles. The quantitative estimate of drug-likeness (QED) is 0.133. The summed E-state index contributed by atoms with van der Waals surface area (Å²) in [6, 6.07) is 2.93. The second-order valence-corrected chi connectivity index (χ2v) is 7.67. The van der Waals surface area contributed by atoms with Crippen molar-refractivity contribution in [3.8, 4) is 0 Å². The van der Waals surface area contributed by atoms with E-state index in [9.17, 15) is 34.2 Å². The number of carboxylic acids is 1. The van der Waals surface area contributed by atoms with Crippen LogP contribution in [0.2, 0.25) is 0 Å². The number of nitrogens with one attached hydrogen (secondary N) is 3. The maximum atomic E-state index is 12.9. The average molecular weight is 482 g/mol. The first-order valence-corrected chi connectivity index (χ1v) is 10.5. The van der Waals surface area contributed by atoms with Crippen molar-refractivity contribution in [2.24, 2.45) is 11.5 Å². The van der Waals surface area contributed by atoms with Gasteiger partial charge in [-0.15, -0.1) is 0 Å². The van der Waals surface area contributed by atoms with Crippen molar-refractivity contribution >= 4 is 29.6 Å². The van der Waals surface area contributed by atoms with Crippen molar-refractivity contribution in [1.29, 1.82) is 0 Å². The number of amides is 4. The molecule has 0 heterocycles. The molecule has 0 spiro atoms. The predicted molar refractivity (Wildman–Crippen MR) is 119 cm³/mol. The molecule has 4 amide bonds. The molecule has 34 heavy (non-hydrogen) atoms. The van der Waals surface area contributed by atoms with Gasteiger partial charge in [-0.2, -0.15) is 0 Å². The number of hydrogen-bond donors (Lipinski definition) is 8. The van der Waals surface area contributed by atoms with Gasteiger partial charge in [0.15, 0.2) is 0 Å². The molecule has 5 unspecified atom stereocenters. The summed E-state index contributed by atoms with van der Waals surface area (Å²) in [7, 11) is 0. The van der Waals surface area contributed by atoms with Crippen molar-refractivity contribution in [2.75, 3.05) is 6.61 Å². The van der Waals surface area contributed by atoms with Gasteiger partial charge >= 0.3 is 5.97 Å². The van der Waals surface area contributed by atoms with Gasteiger partial charge in [0.05, 0.1) is 12.7 Å². The molecule has 0 aliphatic rings. The van der Waals surface area contributed by atoms with Crippen LogP contribution in [0.3, 0.4) is 0 Å². The van der Waals surface area contributed by atoms with Gasteiger partial charge in [-0.05, 0) is 18.9 Å². The average Bonchev–Trinajstić information content (AvgIpc) is 2.78. The molecule has 0 aliphatic heterocycles. The van der Waals surface area contributed by atoms with Gasteiger partial charge in [0, 0.05) is 12.8 Å². The summed E-state index contributed by atoms with van der Waals surface area (Å²) in [6.07, 6.45) is -1.98. The summed E-state index contributed by atoms with van der Waals surface area (Å²) in [5, 5.41) is 35.2. The molecule has 188 valence electrons. The Hall–Kier alpha value is -3.55. The molecule has 0 saturated heterocycles. The van der Waals surface area contributed by atoms with Crippen molar-refractivity contribution < 1.29 is 39.3 Å². The van der Waals surface area contributed by atoms with Gasteiger partial charge in [-0.3, -0.25) is 19.2 Å². The molecule has 1 aromatic rings. The van der Waals surface area contributed by atoms with Crippen LogP contribution in [-0.2, 0) is 30.4 Å². The maximum absolute atomic E-state index is 12.9. The standard InChI is InChI=1S/C21H31N5O8/c1-11(28)17(26-18(30)13(22)10-27)20(32)25-15(9-12-5-3-2-4-6-12)19(31)24-14(21(33)34)7-8-16(23)29/h2-6,11,13-15,17,27-28H,7-10,22H2,1H3,(H2,23,29)(H,24,31)(H,25,32)(H,26,30)(H,33,34). The number of aliphatic hydroxyl groups excluding tert-OH is 2. The summed E-state index contributed by atoms with van der Waals surface area (Å²) in [5.74, 6) is -4.84. The molecule has 13 nitrogen and oxygen atoms in total. The number of rotatable bonds is 14. The zero-order valence-corrected chi connectivity index (χ0v) is 18.6. The first kappa shape index (κ1) is 28.5. The highest BCUT2D eigenvalue weighted by Gasteiger charge is 2.32. The minimum absolute atomic E-state index is 0.0444. The van der Waals surface area contributed by atoms with Gasteiger partial charge in [-0.1, -0.05) is 30.3 Å². The Morgan fingerprint density at radius 3 is 2.03 bits per heavy atom. The minimum atomic E-state index is -1.51. The van der Waals surface area contributed by atoms with Crippen LogP contribution in [-0.4, -0.2) is 81.8 Å². The van der Waals surface area contributed by atoms with Crippen LogP contribution in [0, 0.1) is 0 Å². The first-order chi connectivity index (χ1) is 16.0. The molecule has 0 aliphatic carbocycles. The van der Waals surface area contributed by atoms with Gasteiger partial charge in [0.2, 0.25) is 23.6 Å². The van der Waals surface area contributed by atoms with Crippen molar-refractivity contribution in [3.05, 3.63) is 35.9 Å². The number of nitrogens with two attached hydrogens (primary N) is 2. The molecule has 0 radical (unpaired) electrons. The van der Waals surface area contributed by atoms with E-state index in [1.54, 1.807) is 30.3 Å². The molecule has 1 rings (SSSR count). The molecule has 0 bridgehead atoms. The lowest BCUT2D eigenvalue weighted by atomic mass is 10.0. The summed E-state index contributed by atoms with van der Waals surface area (Å²) >= 11 is 0. The third kappa shape index (κ3) is 9.52. The van der Waals surface area contributed by atoms with Crippen LogP contribution in [0.25, 0.3) is 0 Å². The molecule has 5 atom stereocenters. The van der Waals surface area contributed by atoms with Gasteiger partial charge in [0.1, 0.15) is 24.2 Å². The van der Waals surface area contributed by atoms with E-state index in [2.05, 4.69) is 16.0 Å². The van der Waals surface area contributed by atoms with E-state index < -0.39 is 66.5 Å². The Kier molecular flexibility index (Phi) is 11.6. The third-order valence-electron chi connectivity index (χ3n) is 4.81. The fourth-order valence-corrected chi connectivity index (χ4v) is 2.89. The Morgan fingerprint density at radius 1 is 0.941 bits per heavy atom. The Morgan fingerprint density at radius 2 is 1.53 bits per heavy atom. The van der Waals surface area contributed by atoms with E-state index >= 15 is 0 Å². The summed E-state index contributed by atoms with van der Waals surface area (Å²) in [4.78, 5) is 60.2. The SMILES string of the molecule is CC(O)C(NC(=O)C(N)CO)C(=O)NC(Cc1ccccc1)C(=O)NC(CCC(N)=O)C(=O)O. The van der Waals surface area contributed by atoms with E-state index in [0.717, 1.165) is 0 Å². The lowest BCUT2D eigenvalue weighted by molar-refractivity contribution is -0.142. The zero-order valence-electron chi connectivity index (χ0n) is 18.6. The maximum Gasteiger partial charge on any atom is 0.326 e. The highest BCUT2D eigenvalue weighted by Crippen LogP contribution is 2.07. The number of carboxylic acid groups (broad SMARTS) is 1. The summed E-state index contributed by atoms with van der Waals surface area (Å²) < 4.78 is 0. The van der Waals surface area contributed by atoms with Crippen LogP contribution < -0.4 is 27.4 Å². The second kappa shape index (κ2) is 13.9. The van der Waals surface area contributed by atoms with Crippen molar-refractivity contribution in [3.63, 3.8) is 0 Å². The largest absolute Gasteiger partial charge is 0.480 e. The van der Waals surface area contributed by atoms with Gasteiger partial charge < -0.3 is 42.7 Å². The normalized spacial score (nSPS) is 15.2. The van der Waals surface area contributed by atoms with Crippen molar-refractivity contribution in [1.82, 2.24) is 16.0 Å². The highest BCUT2D eigenvalue weighted by atomic mass is 16.4. The number of aliphatic carboxylic acids is 1. The zero-order chi connectivity index (χ0) is 25.8. The molecule has 0 fully saturated rings. The number of hydrogen-bond acceptors (Lipinski definition) is 8. The number of carbonyl (C=O) groups excluding carboxylic acids is 4. The molecule has 0 saturated carbocycles. The van der Waals surface area contributed by atoms with Gasteiger partial charge in [0.25, 0.3) is 0 Å².